The average molecular weight is 411 g/mol. The first-order valence-corrected chi connectivity index (χ1v) is 9.36. The van der Waals surface area contributed by atoms with Crippen LogP contribution >= 0.6 is 0 Å². The molecule has 0 radical (unpaired) electrons. The number of carbonyl (C=O) groups excluding carboxylic acids is 1. The topological polar surface area (TPSA) is 99.5 Å². The molecule has 9 heteroatoms. The van der Waals surface area contributed by atoms with E-state index in [9.17, 15) is 4.79 Å². The summed E-state index contributed by atoms with van der Waals surface area (Å²) in [5.74, 6) is 3.16. The van der Waals surface area contributed by atoms with Crippen molar-refractivity contribution in [2.24, 2.45) is 0 Å². The van der Waals surface area contributed by atoms with Crippen LogP contribution in [0.3, 0.4) is 0 Å². The van der Waals surface area contributed by atoms with Crippen LogP contribution in [-0.4, -0.2) is 54.9 Å². The normalized spacial score (nSPS) is 10.4. The minimum absolute atomic E-state index is 0.247. The maximum Gasteiger partial charge on any atom is 0.251 e. The van der Waals surface area contributed by atoms with E-state index in [1.54, 1.807) is 12.1 Å². The molecule has 3 rings (SSSR count). The van der Waals surface area contributed by atoms with Crippen molar-refractivity contribution >= 4 is 11.7 Å². The van der Waals surface area contributed by atoms with Crippen LogP contribution in [0, 0.1) is 6.92 Å². The lowest BCUT2D eigenvalue weighted by atomic mass is 10.1. The number of nitrogens with zero attached hydrogens (tertiary/aromatic N) is 3. The molecule has 30 heavy (non-hydrogen) atoms. The predicted molar refractivity (Wildman–Crippen MR) is 113 cm³/mol. The first kappa shape index (κ1) is 21.0. The van der Waals surface area contributed by atoms with Gasteiger partial charge in [-0.1, -0.05) is 0 Å². The smallest absolute Gasteiger partial charge is 0.251 e. The SMILES string of the molecule is COc1cc(C(=O)NCCNc2cc(-n3cccc3)nc(C)n2)cc(OC)c1OC. The fourth-order valence-electron chi connectivity index (χ4n) is 2.94. The second-order valence-corrected chi connectivity index (χ2v) is 6.35. The zero-order valence-corrected chi connectivity index (χ0v) is 17.4. The lowest BCUT2D eigenvalue weighted by Gasteiger charge is -2.14. The van der Waals surface area contributed by atoms with E-state index < -0.39 is 0 Å². The number of carbonyl (C=O) groups is 1. The highest BCUT2D eigenvalue weighted by Gasteiger charge is 2.16. The predicted octanol–water partition coefficient (Wildman–Crippen LogP) is 2.44. The van der Waals surface area contributed by atoms with Crippen LogP contribution in [0.1, 0.15) is 16.2 Å². The molecule has 0 atom stereocenters. The summed E-state index contributed by atoms with van der Waals surface area (Å²) < 4.78 is 17.8. The Morgan fingerprint density at radius 3 is 2.23 bits per heavy atom. The van der Waals surface area contributed by atoms with Gasteiger partial charge < -0.3 is 29.4 Å². The van der Waals surface area contributed by atoms with Gasteiger partial charge in [-0.25, -0.2) is 9.97 Å². The van der Waals surface area contributed by atoms with Gasteiger partial charge in [-0.2, -0.15) is 0 Å². The van der Waals surface area contributed by atoms with Gasteiger partial charge in [-0.05, 0) is 31.2 Å². The van der Waals surface area contributed by atoms with Crippen LogP contribution in [0.5, 0.6) is 17.2 Å². The molecule has 158 valence electrons. The largest absolute Gasteiger partial charge is 0.493 e. The number of anilines is 1. The van der Waals surface area contributed by atoms with E-state index in [2.05, 4.69) is 20.6 Å². The Hall–Kier alpha value is -3.75. The minimum atomic E-state index is -0.247. The number of hydrogen-bond donors (Lipinski definition) is 2. The van der Waals surface area contributed by atoms with Gasteiger partial charge in [0.25, 0.3) is 5.91 Å². The molecule has 0 spiro atoms. The molecule has 9 nitrogen and oxygen atoms in total. The highest BCUT2D eigenvalue weighted by atomic mass is 16.5. The Morgan fingerprint density at radius 1 is 0.967 bits per heavy atom. The summed E-state index contributed by atoms with van der Waals surface area (Å²) in [7, 11) is 4.53. The summed E-state index contributed by atoms with van der Waals surface area (Å²) in [6, 6.07) is 8.95. The second-order valence-electron chi connectivity index (χ2n) is 6.35. The molecule has 0 aliphatic heterocycles. The number of rotatable bonds is 9. The molecule has 0 fully saturated rings. The third kappa shape index (κ3) is 4.80. The molecule has 1 amide bonds. The van der Waals surface area contributed by atoms with Gasteiger partial charge >= 0.3 is 0 Å². The Balaban J connectivity index is 1.60. The summed E-state index contributed by atoms with van der Waals surface area (Å²) in [4.78, 5) is 21.4. The van der Waals surface area contributed by atoms with Crippen LogP contribution in [0.25, 0.3) is 5.82 Å². The first-order valence-electron chi connectivity index (χ1n) is 9.36. The summed E-state index contributed by atoms with van der Waals surface area (Å²) in [5, 5.41) is 6.07. The van der Waals surface area contributed by atoms with Crippen molar-refractivity contribution in [2.75, 3.05) is 39.7 Å². The summed E-state index contributed by atoms with van der Waals surface area (Å²) in [6.07, 6.45) is 3.84. The number of nitrogens with one attached hydrogen (secondary N) is 2. The van der Waals surface area contributed by atoms with Gasteiger partial charge in [-0.15, -0.1) is 0 Å². The first-order chi connectivity index (χ1) is 14.5. The molecule has 0 unspecified atom stereocenters. The average Bonchev–Trinajstić information content (AvgIpc) is 3.30. The van der Waals surface area contributed by atoms with E-state index in [4.69, 9.17) is 14.2 Å². The zero-order valence-electron chi connectivity index (χ0n) is 17.4. The third-order valence-corrected chi connectivity index (χ3v) is 4.34. The second kappa shape index (κ2) is 9.64. The molecule has 0 bridgehead atoms. The third-order valence-electron chi connectivity index (χ3n) is 4.34. The van der Waals surface area contributed by atoms with Crippen molar-refractivity contribution in [3.05, 3.63) is 54.1 Å². The van der Waals surface area contributed by atoms with Crippen molar-refractivity contribution in [3.63, 3.8) is 0 Å². The Labute approximate surface area is 175 Å². The van der Waals surface area contributed by atoms with Crippen LogP contribution in [0.15, 0.2) is 42.7 Å². The van der Waals surface area contributed by atoms with Crippen molar-refractivity contribution in [2.45, 2.75) is 6.92 Å². The lowest BCUT2D eigenvalue weighted by molar-refractivity contribution is 0.0954. The fourth-order valence-corrected chi connectivity index (χ4v) is 2.94. The quantitative estimate of drug-likeness (QED) is 0.522. The van der Waals surface area contributed by atoms with Crippen molar-refractivity contribution in [1.82, 2.24) is 19.9 Å². The van der Waals surface area contributed by atoms with Gasteiger partial charge in [0.1, 0.15) is 17.5 Å². The molecule has 0 saturated carbocycles. The fraction of sp³-hybridized carbons (Fsp3) is 0.286. The summed E-state index contributed by atoms with van der Waals surface area (Å²) >= 11 is 0. The molecule has 0 saturated heterocycles. The Morgan fingerprint density at radius 2 is 1.63 bits per heavy atom. The van der Waals surface area contributed by atoms with Crippen LogP contribution in [-0.2, 0) is 0 Å². The maximum absolute atomic E-state index is 12.5. The molecular weight excluding hydrogens is 386 g/mol. The van der Waals surface area contributed by atoms with Gasteiger partial charge in [-0.3, -0.25) is 4.79 Å². The van der Waals surface area contributed by atoms with E-state index in [1.165, 1.54) is 21.3 Å². The number of methoxy groups -OCH3 is 3. The Kier molecular flexibility index (Phi) is 6.74. The molecule has 3 aromatic rings. The number of amides is 1. The summed E-state index contributed by atoms with van der Waals surface area (Å²) in [6.45, 7) is 2.74. The van der Waals surface area contributed by atoms with E-state index in [0.717, 1.165) is 5.82 Å². The van der Waals surface area contributed by atoms with E-state index in [-0.39, 0.29) is 5.91 Å². The molecule has 1 aromatic carbocycles. The molecule has 2 aromatic heterocycles. The van der Waals surface area contributed by atoms with Crippen LogP contribution in [0.4, 0.5) is 5.82 Å². The maximum atomic E-state index is 12.5. The standard InChI is InChI=1S/C21H25N5O4/c1-14-24-18(13-19(25-14)26-9-5-6-10-26)22-7-8-23-21(27)15-11-16(28-2)20(30-4)17(12-15)29-3/h5-6,9-13H,7-8H2,1-4H3,(H,23,27)(H,22,24,25). The van der Waals surface area contributed by atoms with E-state index in [1.807, 2.05) is 42.1 Å². The van der Waals surface area contributed by atoms with Crippen LogP contribution < -0.4 is 24.8 Å². The van der Waals surface area contributed by atoms with Crippen molar-refractivity contribution in [1.29, 1.82) is 0 Å². The molecule has 2 N–H and O–H groups in total. The number of ether oxygens (including phenoxy) is 3. The van der Waals surface area contributed by atoms with Gasteiger partial charge in [0.15, 0.2) is 11.5 Å². The molecular formula is C21H25N5O4. The van der Waals surface area contributed by atoms with Crippen molar-refractivity contribution < 1.29 is 19.0 Å². The highest BCUT2D eigenvalue weighted by molar-refractivity contribution is 5.95. The molecule has 2 heterocycles. The lowest BCUT2D eigenvalue weighted by Crippen LogP contribution is -2.29. The Bertz CT molecular complexity index is 980. The van der Waals surface area contributed by atoms with E-state index >= 15 is 0 Å². The van der Waals surface area contributed by atoms with Gasteiger partial charge in [0.05, 0.1) is 21.3 Å². The monoisotopic (exact) mass is 411 g/mol. The van der Waals surface area contributed by atoms with Gasteiger partial charge in [0, 0.05) is 37.1 Å². The molecule has 0 aliphatic rings. The zero-order chi connectivity index (χ0) is 21.5. The number of benzene rings is 1. The molecule has 0 aliphatic carbocycles. The van der Waals surface area contributed by atoms with Crippen LogP contribution in [0.2, 0.25) is 0 Å². The van der Waals surface area contributed by atoms with Crippen molar-refractivity contribution in [3.8, 4) is 23.1 Å². The van der Waals surface area contributed by atoms with Gasteiger partial charge in [0.2, 0.25) is 5.75 Å². The number of aryl methyl sites for hydroxylation is 1. The summed E-state index contributed by atoms with van der Waals surface area (Å²) in [5.41, 5.74) is 0.414. The number of hydrogen-bond acceptors (Lipinski definition) is 7. The van der Waals surface area contributed by atoms with E-state index in [0.29, 0.717) is 47.5 Å². The highest BCUT2D eigenvalue weighted by Crippen LogP contribution is 2.38. The minimum Gasteiger partial charge on any atom is -0.493 e. The number of aromatic nitrogens is 3.